The maximum atomic E-state index is 5.97. The van der Waals surface area contributed by atoms with Crippen LogP contribution >= 0.6 is 11.6 Å². The van der Waals surface area contributed by atoms with Gasteiger partial charge in [0.25, 0.3) is 0 Å². The second-order valence-electron chi connectivity index (χ2n) is 5.00. The average Bonchev–Trinajstić information content (AvgIpc) is 2.74. The molecule has 0 unspecified atom stereocenters. The SMILES string of the molecule is Clc1cc2ncc3c(n2n1)C1(CCC1)CC3. The lowest BCUT2D eigenvalue weighted by Crippen LogP contribution is -2.33. The first kappa shape index (κ1) is 8.99. The van der Waals surface area contributed by atoms with E-state index >= 15 is 0 Å². The molecule has 0 aromatic carbocycles. The number of aromatic nitrogens is 3. The maximum Gasteiger partial charge on any atom is 0.156 e. The van der Waals surface area contributed by atoms with Crippen molar-refractivity contribution in [1.82, 2.24) is 14.6 Å². The summed E-state index contributed by atoms with van der Waals surface area (Å²) in [7, 11) is 0. The number of hydrogen-bond acceptors (Lipinski definition) is 2. The second kappa shape index (κ2) is 2.77. The molecular weight excluding hydrogens is 222 g/mol. The van der Waals surface area contributed by atoms with Crippen LogP contribution in [0, 0.1) is 0 Å². The first-order valence-corrected chi connectivity index (χ1v) is 6.20. The van der Waals surface area contributed by atoms with Crippen LogP contribution in [-0.2, 0) is 11.8 Å². The molecule has 2 aromatic heterocycles. The summed E-state index contributed by atoms with van der Waals surface area (Å²) < 4.78 is 1.98. The molecule has 2 aliphatic rings. The lowest BCUT2D eigenvalue weighted by atomic mass is 9.67. The molecule has 1 spiro atoms. The van der Waals surface area contributed by atoms with Crippen molar-refractivity contribution in [2.45, 2.75) is 37.5 Å². The highest BCUT2D eigenvalue weighted by molar-refractivity contribution is 6.29. The Kier molecular flexibility index (Phi) is 1.56. The molecule has 0 bridgehead atoms. The van der Waals surface area contributed by atoms with Gasteiger partial charge >= 0.3 is 0 Å². The summed E-state index contributed by atoms with van der Waals surface area (Å²) in [5, 5.41) is 4.93. The molecule has 16 heavy (non-hydrogen) atoms. The van der Waals surface area contributed by atoms with Crippen molar-refractivity contribution in [3.63, 3.8) is 0 Å². The minimum Gasteiger partial charge on any atom is -0.237 e. The van der Waals surface area contributed by atoms with Gasteiger partial charge in [-0.2, -0.15) is 5.10 Å². The molecule has 0 radical (unpaired) electrons. The van der Waals surface area contributed by atoms with E-state index in [1.165, 1.54) is 36.9 Å². The minimum absolute atomic E-state index is 0.395. The van der Waals surface area contributed by atoms with Gasteiger partial charge in [0.05, 0.1) is 5.69 Å². The number of halogens is 1. The third-order valence-electron chi connectivity index (χ3n) is 4.22. The smallest absolute Gasteiger partial charge is 0.156 e. The molecule has 3 nitrogen and oxygen atoms in total. The van der Waals surface area contributed by atoms with Crippen molar-refractivity contribution in [3.05, 3.63) is 28.7 Å². The zero-order valence-corrected chi connectivity index (χ0v) is 9.67. The zero-order valence-electron chi connectivity index (χ0n) is 8.91. The summed E-state index contributed by atoms with van der Waals surface area (Å²) >= 11 is 5.97. The molecule has 4 rings (SSSR count). The topological polar surface area (TPSA) is 30.2 Å². The Bertz CT molecular complexity index is 583. The predicted octanol–water partition coefficient (Wildman–Crippen LogP) is 2.75. The maximum absolute atomic E-state index is 5.97. The molecule has 0 saturated heterocycles. The van der Waals surface area contributed by atoms with Crippen molar-refractivity contribution >= 4 is 17.2 Å². The summed E-state index contributed by atoms with van der Waals surface area (Å²) in [6.07, 6.45) is 8.37. The van der Waals surface area contributed by atoms with Gasteiger partial charge in [0.1, 0.15) is 0 Å². The Morgan fingerprint density at radius 2 is 2.19 bits per heavy atom. The highest BCUT2D eigenvalue weighted by Crippen LogP contribution is 2.52. The van der Waals surface area contributed by atoms with Crippen molar-refractivity contribution in [1.29, 1.82) is 0 Å². The van der Waals surface area contributed by atoms with E-state index in [4.69, 9.17) is 11.6 Å². The lowest BCUT2D eigenvalue weighted by Gasteiger charge is -2.38. The molecule has 2 aliphatic carbocycles. The molecule has 2 heterocycles. The monoisotopic (exact) mass is 233 g/mol. The van der Waals surface area contributed by atoms with E-state index < -0.39 is 0 Å². The van der Waals surface area contributed by atoms with Crippen LogP contribution < -0.4 is 0 Å². The molecule has 0 atom stereocenters. The first-order chi connectivity index (χ1) is 7.78. The summed E-state index contributed by atoms with van der Waals surface area (Å²) in [6, 6.07) is 1.84. The van der Waals surface area contributed by atoms with Gasteiger partial charge < -0.3 is 0 Å². The Morgan fingerprint density at radius 3 is 2.94 bits per heavy atom. The fourth-order valence-corrected chi connectivity index (χ4v) is 3.45. The van der Waals surface area contributed by atoms with Crippen molar-refractivity contribution in [3.8, 4) is 0 Å². The fourth-order valence-electron chi connectivity index (χ4n) is 3.27. The van der Waals surface area contributed by atoms with Crippen LogP contribution in [0.25, 0.3) is 5.65 Å². The largest absolute Gasteiger partial charge is 0.237 e. The Balaban J connectivity index is 2.08. The molecule has 2 aromatic rings. The van der Waals surface area contributed by atoms with E-state index in [1.54, 1.807) is 0 Å². The summed E-state index contributed by atoms with van der Waals surface area (Å²) in [6.45, 7) is 0. The zero-order chi connectivity index (χ0) is 10.8. The van der Waals surface area contributed by atoms with Crippen LogP contribution in [0.4, 0.5) is 0 Å². The van der Waals surface area contributed by atoms with Crippen molar-refractivity contribution in [2.75, 3.05) is 0 Å². The predicted molar refractivity (Wildman–Crippen MR) is 61.8 cm³/mol. The quantitative estimate of drug-likeness (QED) is 0.701. The van der Waals surface area contributed by atoms with Crippen molar-refractivity contribution < 1.29 is 0 Å². The van der Waals surface area contributed by atoms with E-state index in [-0.39, 0.29) is 0 Å². The standard InChI is InChI=1S/C12H12ClN3/c13-9-6-10-14-7-8-2-5-12(3-1-4-12)11(8)16(10)15-9/h6-7H,1-5H2. The third kappa shape index (κ3) is 0.950. The molecule has 1 fully saturated rings. The molecular formula is C12H12ClN3. The minimum atomic E-state index is 0.395. The molecule has 82 valence electrons. The number of hydrogen-bond donors (Lipinski definition) is 0. The number of rotatable bonds is 0. The average molecular weight is 234 g/mol. The number of nitrogens with zero attached hydrogens (tertiary/aromatic N) is 3. The van der Waals surface area contributed by atoms with Crippen LogP contribution in [0.2, 0.25) is 5.15 Å². The molecule has 0 amide bonds. The molecule has 4 heteroatoms. The van der Waals surface area contributed by atoms with Gasteiger partial charge in [-0.3, -0.25) is 0 Å². The van der Waals surface area contributed by atoms with Gasteiger partial charge in [0.2, 0.25) is 0 Å². The molecule has 0 aliphatic heterocycles. The molecule has 1 saturated carbocycles. The van der Waals surface area contributed by atoms with E-state index in [1.807, 2.05) is 16.8 Å². The Labute approximate surface area is 98.4 Å². The van der Waals surface area contributed by atoms with Crippen LogP contribution in [0.3, 0.4) is 0 Å². The Hall–Kier alpha value is -1.09. The second-order valence-corrected chi connectivity index (χ2v) is 5.39. The first-order valence-electron chi connectivity index (χ1n) is 5.82. The van der Waals surface area contributed by atoms with Gasteiger partial charge in [-0.1, -0.05) is 18.0 Å². The molecule has 0 N–H and O–H groups in total. The highest BCUT2D eigenvalue weighted by atomic mass is 35.5. The summed E-state index contributed by atoms with van der Waals surface area (Å²) in [4.78, 5) is 4.41. The van der Waals surface area contributed by atoms with Gasteiger partial charge in [-0.05, 0) is 31.2 Å². The van der Waals surface area contributed by atoms with E-state index in [2.05, 4.69) is 10.1 Å². The van der Waals surface area contributed by atoms with Crippen LogP contribution in [0.5, 0.6) is 0 Å². The van der Waals surface area contributed by atoms with Gasteiger partial charge in [0, 0.05) is 17.7 Å². The van der Waals surface area contributed by atoms with Gasteiger partial charge in [-0.25, -0.2) is 9.50 Å². The van der Waals surface area contributed by atoms with Gasteiger partial charge in [0.15, 0.2) is 10.8 Å². The van der Waals surface area contributed by atoms with Crippen LogP contribution in [0.1, 0.15) is 36.9 Å². The van der Waals surface area contributed by atoms with Gasteiger partial charge in [-0.15, -0.1) is 0 Å². The number of fused-ring (bicyclic) bond motifs is 4. The lowest BCUT2D eigenvalue weighted by molar-refractivity contribution is 0.234. The summed E-state index contributed by atoms with van der Waals surface area (Å²) in [5.41, 5.74) is 4.03. The van der Waals surface area contributed by atoms with Crippen LogP contribution in [-0.4, -0.2) is 14.6 Å². The third-order valence-corrected chi connectivity index (χ3v) is 4.40. The fraction of sp³-hybridized carbons (Fsp3) is 0.500. The van der Waals surface area contributed by atoms with Crippen molar-refractivity contribution in [2.24, 2.45) is 0 Å². The summed E-state index contributed by atoms with van der Waals surface area (Å²) in [5.74, 6) is 0. The van der Waals surface area contributed by atoms with E-state index in [0.717, 1.165) is 12.1 Å². The normalized spacial score (nSPS) is 21.3. The van der Waals surface area contributed by atoms with E-state index in [9.17, 15) is 0 Å². The van der Waals surface area contributed by atoms with E-state index in [0.29, 0.717) is 10.6 Å². The van der Waals surface area contributed by atoms with Crippen LogP contribution in [0.15, 0.2) is 12.3 Å². The Morgan fingerprint density at radius 1 is 1.31 bits per heavy atom. The highest BCUT2D eigenvalue weighted by Gasteiger charge is 2.45. The number of aryl methyl sites for hydroxylation is 1.